The number of amides is 1. The highest BCUT2D eigenvalue weighted by Gasteiger charge is 2.30. The van der Waals surface area contributed by atoms with E-state index in [1.807, 2.05) is 0 Å². The third-order valence-corrected chi connectivity index (χ3v) is 4.58. The topological polar surface area (TPSA) is 23.6 Å². The van der Waals surface area contributed by atoms with E-state index in [4.69, 9.17) is 0 Å². The predicted molar refractivity (Wildman–Crippen MR) is 74.5 cm³/mol. The molecule has 0 N–H and O–H groups in total. The normalized spacial score (nSPS) is 34.6. The lowest BCUT2D eigenvalue weighted by atomic mass is 9.97. The molecule has 2 saturated heterocycles. The van der Waals surface area contributed by atoms with Crippen molar-refractivity contribution in [3.05, 3.63) is 0 Å². The second-order valence-electron chi connectivity index (χ2n) is 6.41. The summed E-state index contributed by atoms with van der Waals surface area (Å²) < 4.78 is 0. The highest BCUT2D eigenvalue weighted by Crippen LogP contribution is 2.23. The standard InChI is InChI=1S/C15H28N2O/c1-12-6-5-9-16(10-12)11-15(18)17-13(2)7-4-8-14(17)3/h12-14H,4-11H2,1-3H3/t12-,13+,14+/m1/s1. The second kappa shape index (κ2) is 6.05. The van der Waals surface area contributed by atoms with Crippen molar-refractivity contribution in [2.24, 2.45) is 5.92 Å². The van der Waals surface area contributed by atoms with Crippen LogP contribution in [0.3, 0.4) is 0 Å². The van der Waals surface area contributed by atoms with Crippen LogP contribution in [0.15, 0.2) is 0 Å². The maximum atomic E-state index is 12.5. The van der Waals surface area contributed by atoms with Gasteiger partial charge in [-0.3, -0.25) is 9.69 Å². The Morgan fingerprint density at radius 1 is 1.06 bits per heavy atom. The lowest BCUT2D eigenvalue weighted by Gasteiger charge is -2.41. The van der Waals surface area contributed by atoms with Crippen LogP contribution in [0.1, 0.15) is 52.9 Å². The molecule has 0 bridgehead atoms. The van der Waals surface area contributed by atoms with Gasteiger partial charge in [-0.15, -0.1) is 0 Å². The van der Waals surface area contributed by atoms with Crippen molar-refractivity contribution in [2.45, 2.75) is 65.0 Å². The Morgan fingerprint density at radius 2 is 1.72 bits per heavy atom. The van der Waals surface area contributed by atoms with Crippen LogP contribution in [0, 0.1) is 5.92 Å². The summed E-state index contributed by atoms with van der Waals surface area (Å²) in [5.74, 6) is 1.10. The van der Waals surface area contributed by atoms with Crippen molar-refractivity contribution >= 4 is 5.91 Å². The Labute approximate surface area is 112 Å². The molecule has 0 radical (unpaired) electrons. The van der Waals surface area contributed by atoms with Crippen molar-refractivity contribution < 1.29 is 4.79 Å². The van der Waals surface area contributed by atoms with Crippen LogP contribution in [-0.4, -0.2) is 47.4 Å². The van der Waals surface area contributed by atoms with Gasteiger partial charge < -0.3 is 4.90 Å². The average molecular weight is 252 g/mol. The molecule has 2 heterocycles. The monoisotopic (exact) mass is 252 g/mol. The van der Waals surface area contributed by atoms with Gasteiger partial charge in [0.15, 0.2) is 0 Å². The summed E-state index contributed by atoms with van der Waals surface area (Å²) in [6, 6.07) is 0.868. The van der Waals surface area contributed by atoms with Crippen LogP contribution < -0.4 is 0 Å². The summed E-state index contributed by atoms with van der Waals surface area (Å²) in [5, 5.41) is 0. The van der Waals surface area contributed by atoms with E-state index in [1.54, 1.807) is 0 Å². The van der Waals surface area contributed by atoms with Crippen molar-refractivity contribution in [1.82, 2.24) is 9.80 Å². The minimum Gasteiger partial charge on any atom is -0.336 e. The molecule has 3 atom stereocenters. The molecule has 0 spiro atoms. The minimum absolute atomic E-state index is 0.351. The summed E-state index contributed by atoms with van der Waals surface area (Å²) in [7, 11) is 0. The fourth-order valence-corrected chi connectivity index (χ4v) is 3.62. The summed E-state index contributed by atoms with van der Waals surface area (Å²) in [5.41, 5.74) is 0. The first-order chi connectivity index (χ1) is 8.58. The van der Waals surface area contributed by atoms with Gasteiger partial charge in [0.25, 0.3) is 0 Å². The van der Waals surface area contributed by atoms with E-state index < -0.39 is 0 Å². The Bertz CT molecular complexity index is 282. The number of hydrogen-bond acceptors (Lipinski definition) is 2. The zero-order valence-electron chi connectivity index (χ0n) is 12.2. The SMILES string of the molecule is C[C@@H]1CCCN(CC(=O)N2[C@@H](C)CCC[C@@H]2C)C1. The van der Waals surface area contributed by atoms with E-state index in [0.29, 0.717) is 24.5 Å². The zero-order chi connectivity index (χ0) is 13.1. The Balaban J connectivity index is 1.89. The van der Waals surface area contributed by atoms with Gasteiger partial charge in [-0.2, -0.15) is 0 Å². The van der Waals surface area contributed by atoms with Gasteiger partial charge in [-0.25, -0.2) is 0 Å². The average Bonchev–Trinajstić information content (AvgIpc) is 2.28. The molecule has 2 rings (SSSR count). The first-order valence-electron chi connectivity index (χ1n) is 7.61. The molecule has 1 amide bonds. The fraction of sp³-hybridized carbons (Fsp3) is 0.933. The molecule has 2 fully saturated rings. The number of likely N-dealkylation sites (tertiary alicyclic amines) is 2. The van der Waals surface area contributed by atoms with Gasteiger partial charge in [-0.05, 0) is 58.4 Å². The summed E-state index contributed by atoms with van der Waals surface area (Å²) >= 11 is 0. The molecular weight excluding hydrogens is 224 g/mol. The summed E-state index contributed by atoms with van der Waals surface area (Å²) in [6.07, 6.45) is 6.19. The molecule has 0 aliphatic carbocycles. The Hall–Kier alpha value is -0.570. The predicted octanol–water partition coefficient (Wildman–Crippen LogP) is 2.51. The Kier molecular flexibility index (Phi) is 4.66. The fourth-order valence-electron chi connectivity index (χ4n) is 3.62. The van der Waals surface area contributed by atoms with Crippen LogP contribution in [0.25, 0.3) is 0 Å². The van der Waals surface area contributed by atoms with Gasteiger partial charge in [0.1, 0.15) is 0 Å². The smallest absolute Gasteiger partial charge is 0.237 e. The van der Waals surface area contributed by atoms with E-state index in [9.17, 15) is 4.79 Å². The van der Waals surface area contributed by atoms with E-state index in [-0.39, 0.29) is 0 Å². The number of nitrogens with zero attached hydrogens (tertiary/aromatic N) is 2. The van der Waals surface area contributed by atoms with Crippen LogP contribution >= 0.6 is 0 Å². The number of hydrogen-bond donors (Lipinski definition) is 0. The molecule has 2 aliphatic heterocycles. The van der Waals surface area contributed by atoms with Gasteiger partial charge in [-0.1, -0.05) is 6.92 Å². The molecule has 3 heteroatoms. The van der Waals surface area contributed by atoms with Crippen LogP contribution in [0.2, 0.25) is 0 Å². The molecule has 0 unspecified atom stereocenters. The number of carbonyl (C=O) groups excluding carboxylic acids is 1. The maximum absolute atomic E-state index is 12.5. The highest BCUT2D eigenvalue weighted by atomic mass is 16.2. The zero-order valence-corrected chi connectivity index (χ0v) is 12.2. The first kappa shape index (κ1) is 13.9. The van der Waals surface area contributed by atoms with Gasteiger partial charge in [0.2, 0.25) is 5.91 Å². The molecule has 0 aromatic rings. The molecule has 3 nitrogen and oxygen atoms in total. The lowest BCUT2D eigenvalue weighted by molar-refractivity contribution is -0.138. The molecular formula is C15H28N2O. The third-order valence-electron chi connectivity index (χ3n) is 4.58. The van der Waals surface area contributed by atoms with Crippen LogP contribution in [0.4, 0.5) is 0 Å². The van der Waals surface area contributed by atoms with Crippen molar-refractivity contribution in [2.75, 3.05) is 19.6 Å². The van der Waals surface area contributed by atoms with Gasteiger partial charge >= 0.3 is 0 Å². The van der Waals surface area contributed by atoms with Crippen molar-refractivity contribution in [3.63, 3.8) is 0 Å². The molecule has 0 aromatic heterocycles. The molecule has 104 valence electrons. The molecule has 0 saturated carbocycles. The molecule has 0 aromatic carbocycles. The quantitative estimate of drug-likeness (QED) is 0.754. The van der Waals surface area contributed by atoms with E-state index in [2.05, 4.69) is 30.6 Å². The van der Waals surface area contributed by atoms with E-state index in [1.165, 1.54) is 32.1 Å². The largest absolute Gasteiger partial charge is 0.336 e. The van der Waals surface area contributed by atoms with Crippen LogP contribution in [0.5, 0.6) is 0 Å². The third kappa shape index (κ3) is 3.25. The first-order valence-corrected chi connectivity index (χ1v) is 7.61. The summed E-state index contributed by atoms with van der Waals surface area (Å²) in [4.78, 5) is 17.0. The second-order valence-corrected chi connectivity index (χ2v) is 6.41. The summed E-state index contributed by atoms with van der Waals surface area (Å²) in [6.45, 7) is 9.54. The minimum atomic E-state index is 0.351. The van der Waals surface area contributed by atoms with E-state index in [0.717, 1.165) is 19.0 Å². The van der Waals surface area contributed by atoms with Crippen molar-refractivity contribution in [3.8, 4) is 0 Å². The Morgan fingerprint density at radius 3 is 2.33 bits per heavy atom. The van der Waals surface area contributed by atoms with Gasteiger partial charge in [0.05, 0.1) is 6.54 Å². The lowest BCUT2D eigenvalue weighted by Crippen LogP contribution is -2.52. The van der Waals surface area contributed by atoms with Gasteiger partial charge in [0, 0.05) is 18.6 Å². The van der Waals surface area contributed by atoms with Crippen molar-refractivity contribution in [1.29, 1.82) is 0 Å². The highest BCUT2D eigenvalue weighted by molar-refractivity contribution is 5.79. The van der Waals surface area contributed by atoms with Crippen LogP contribution in [-0.2, 0) is 4.79 Å². The van der Waals surface area contributed by atoms with E-state index >= 15 is 0 Å². The maximum Gasteiger partial charge on any atom is 0.237 e. The molecule has 18 heavy (non-hydrogen) atoms. The number of rotatable bonds is 2. The number of carbonyl (C=O) groups is 1. The molecule has 2 aliphatic rings. The number of piperidine rings is 2.